The van der Waals surface area contributed by atoms with Gasteiger partial charge in [-0.05, 0) is 53.5 Å². The van der Waals surface area contributed by atoms with E-state index in [1.54, 1.807) is 0 Å². The summed E-state index contributed by atoms with van der Waals surface area (Å²) in [6.07, 6.45) is 4.15. The van der Waals surface area contributed by atoms with Crippen LogP contribution in [0.3, 0.4) is 0 Å². The fourth-order valence-electron chi connectivity index (χ4n) is 2.84. The highest BCUT2D eigenvalue weighted by Gasteiger charge is 2.08. The van der Waals surface area contributed by atoms with E-state index < -0.39 is 0 Å². The topological polar surface area (TPSA) is 12.4 Å². The fourth-order valence-corrected chi connectivity index (χ4v) is 2.84. The van der Waals surface area contributed by atoms with Gasteiger partial charge in [0.25, 0.3) is 0 Å². The lowest BCUT2D eigenvalue weighted by Gasteiger charge is -2.13. The molecule has 0 N–H and O–H groups in total. The molecule has 2 aromatic carbocycles. The van der Waals surface area contributed by atoms with Crippen LogP contribution < -0.4 is 0 Å². The summed E-state index contributed by atoms with van der Waals surface area (Å²) in [5.74, 6) is 0.573. The molecule has 2 aromatic rings. The third kappa shape index (κ3) is 4.54. The van der Waals surface area contributed by atoms with Crippen LogP contribution in [0.5, 0.6) is 0 Å². The van der Waals surface area contributed by atoms with Gasteiger partial charge < -0.3 is 0 Å². The lowest BCUT2D eigenvalue weighted by molar-refractivity contribution is 0.805. The maximum Gasteiger partial charge on any atom is 0.0723 e. The van der Waals surface area contributed by atoms with Gasteiger partial charge in [-0.15, -0.1) is 0 Å². The van der Waals surface area contributed by atoms with Gasteiger partial charge in [-0.25, -0.2) is 0 Å². The minimum Gasteiger partial charge on any atom is -0.285 e. The quantitative estimate of drug-likeness (QED) is 0.570. The molecule has 0 saturated heterocycles. The van der Waals surface area contributed by atoms with Gasteiger partial charge in [0, 0.05) is 6.21 Å². The molecule has 1 unspecified atom stereocenters. The molecule has 0 saturated carbocycles. The minimum atomic E-state index is 0.195. The zero-order valence-electron chi connectivity index (χ0n) is 15.1. The Kier molecular flexibility index (Phi) is 6.15. The summed E-state index contributed by atoms with van der Waals surface area (Å²) in [7, 11) is 0. The molecule has 0 aromatic heterocycles. The Morgan fingerprint density at radius 2 is 1.61 bits per heavy atom. The van der Waals surface area contributed by atoms with Crippen LogP contribution in [-0.2, 0) is 12.8 Å². The third-order valence-electron chi connectivity index (χ3n) is 4.50. The average molecular weight is 307 g/mol. The van der Waals surface area contributed by atoms with Crippen molar-refractivity contribution in [2.75, 3.05) is 0 Å². The summed E-state index contributed by atoms with van der Waals surface area (Å²) >= 11 is 0. The number of benzene rings is 2. The number of hydrogen-bond acceptors (Lipinski definition) is 1. The Balaban J connectivity index is 2.16. The first-order valence-electron chi connectivity index (χ1n) is 8.80. The first-order chi connectivity index (χ1) is 11.0. The average Bonchev–Trinajstić information content (AvgIpc) is 2.59. The van der Waals surface area contributed by atoms with Crippen LogP contribution >= 0.6 is 0 Å². The molecule has 0 aliphatic carbocycles. The molecule has 0 radical (unpaired) electrons. The summed E-state index contributed by atoms with van der Waals surface area (Å²) < 4.78 is 0. The van der Waals surface area contributed by atoms with Gasteiger partial charge in [0.1, 0.15) is 0 Å². The van der Waals surface area contributed by atoms with E-state index in [0.29, 0.717) is 5.92 Å². The van der Waals surface area contributed by atoms with E-state index in [4.69, 9.17) is 4.99 Å². The maximum atomic E-state index is 4.78. The number of aryl methyl sites for hydroxylation is 2. The molecule has 0 heterocycles. The molecule has 0 spiro atoms. The molecular weight excluding hydrogens is 278 g/mol. The van der Waals surface area contributed by atoms with E-state index in [1.165, 1.54) is 27.8 Å². The Morgan fingerprint density at radius 1 is 0.913 bits per heavy atom. The van der Waals surface area contributed by atoms with Crippen LogP contribution in [0.25, 0.3) is 0 Å². The Labute approximate surface area is 141 Å². The molecule has 1 atom stereocenters. The van der Waals surface area contributed by atoms with Crippen molar-refractivity contribution >= 4 is 6.21 Å². The Hall–Kier alpha value is -1.89. The van der Waals surface area contributed by atoms with Crippen LogP contribution in [0.4, 0.5) is 0 Å². The smallest absolute Gasteiger partial charge is 0.0723 e. The molecule has 0 amide bonds. The fraction of sp³-hybridized carbons (Fsp3) is 0.409. The van der Waals surface area contributed by atoms with Crippen LogP contribution in [0, 0.1) is 0 Å². The van der Waals surface area contributed by atoms with E-state index in [9.17, 15) is 0 Å². The zero-order valence-corrected chi connectivity index (χ0v) is 15.1. The largest absolute Gasteiger partial charge is 0.285 e. The van der Waals surface area contributed by atoms with Crippen molar-refractivity contribution in [1.29, 1.82) is 0 Å². The molecule has 0 fully saturated rings. The van der Waals surface area contributed by atoms with E-state index in [1.807, 2.05) is 6.21 Å². The molecule has 23 heavy (non-hydrogen) atoms. The second-order valence-corrected chi connectivity index (χ2v) is 6.52. The van der Waals surface area contributed by atoms with Crippen molar-refractivity contribution in [1.82, 2.24) is 0 Å². The van der Waals surface area contributed by atoms with Crippen molar-refractivity contribution in [3.8, 4) is 0 Å². The Bertz CT molecular complexity index is 650. The monoisotopic (exact) mass is 307 g/mol. The normalized spacial score (nSPS) is 13.0. The second kappa shape index (κ2) is 8.10. The standard InChI is InChI=1S/C22H29N/c1-6-18-10-13-22(20(7-2)14-18)17(5)23-15-19-8-11-21(12-9-19)16(3)4/h8-17H,6-7H2,1-5H3/b23-15-. The highest BCUT2D eigenvalue weighted by Crippen LogP contribution is 2.23. The molecule has 0 aliphatic rings. The van der Waals surface area contributed by atoms with Crippen LogP contribution in [0.2, 0.25) is 0 Å². The lowest BCUT2D eigenvalue weighted by atomic mass is 9.96. The van der Waals surface area contributed by atoms with E-state index in [2.05, 4.69) is 77.1 Å². The van der Waals surface area contributed by atoms with Crippen LogP contribution in [-0.4, -0.2) is 6.21 Å². The highest BCUT2D eigenvalue weighted by atomic mass is 14.8. The molecule has 2 rings (SSSR count). The van der Waals surface area contributed by atoms with Crippen molar-refractivity contribution in [3.05, 3.63) is 70.3 Å². The summed E-state index contributed by atoms with van der Waals surface area (Å²) in [5.41, 5.74) is 6.72. The van der Waals surface area contributed by atoms with Crippen LogP contribution in [0.15, 0.2) is 47.5 Å². The van der Waals surface area contributed by atoms with Crippen molar-refractivity contribution in [2.24, 2.45) is 4.99 Å². The number of hydrogen-bond donors (Lipinski definition) is 0. The van der Waals surface area contributed by atoms with Crippen molar-refractivity contribution in [3.63, 3.8) is 0 Å². The van der Waals surface area contributed by atoms with Gasteiger partial charge in [-0.3, -0.25) is 4.99 Å². The summed E-state index contributed by atoms with van der Waals surface area (Å²) in [6.45, 7) is 11.0. The van der Waals surface area contributed by atoms with Crippen LogP contribution in [0.1, 0.15) is 74.4 Å². The molecule has 0 aliphatic heterocycles. The predicted octanol–water partition coefficient (Wildman–Crippen LogP) is 6.11. The summed E-state index contributed by atoms with van der Waals surface area (Å²) in [5, 5.41) is 0. The van der Waals surface area contributed by atoms with Gasteiger partial charge in [-0.2, -0.15) is 0 Å². The minimum absolute atomic E-state index is 0.195. The van der Waals surface area contributed by atoms with E-state index >= 15 is 0 Å². The number of aliphatic imine (C=N–C) groups is 1. The van der Waals surface area contributed by atoms with Gasteiger partial charge >= 0.3 is 0 Å². The molecule has 1 nitrogen and oxygen atoms in total. The van der Waals surface area contributed by atoms with Crippen molar-refractivity contribution < 1.29 is 0 Å². The summed E-state index contributed by atoms with van der Waals surface area (Å²) in [6, 6.07) is 15.7. The highest BCUT2D eigenvalue weighted by molar-refractivity contribution is 5.79. The van der Waals surface area contributed by atoms with E-state index in [-0.39, 0.29) is 6.04 Å². The molecule has 0 bridgehead atoms. The first-order valence-corrected chi connectivity index (χ1v) is 8.80. The van der Waals surface area contributed by atoms with E-state index in [0.717, 1.165) is 12.8 Å². The van der Waals surface area contributed by atoms with Crippen molar-refractivity contribution in [2.45, 2.75) is 59.4 Å². The molecular formula is C22H29N. The number of nitrogens with zero attached hydrogens (tertiary/aromatic N) is 1. The first kappa shape index (κ1) is 17.5. The molecule has 1 heteroatoms. The summed E-state index contributed by atoms with van der Waals surface area (Å²) in [4.78, 5) is 4.78. The number of rotatable bonds is 6. The second-order valence-electron chi connectivity index (χ2n) is 6.52. The van der Waals surface area contributed by atoms with Gasteiger partial charge in [0.05, 0.1) is 6.04 Å². The Morgan fingerprint density at radius 3 is 2.17 bits per heavy atom. The zero-order chi connectivity index (χ0) is 16.8. The SMILES string of the molecule is CCc1ccc(C(C)/N=C\c2ccc(C(C)C)cc2)c(CC)c1. The molecule has 122 valence electrons. The van der Waals surface area contributed by atoms with Gasteiger partial charge in [0.2, 0.25) is 0 Å². The van der Waals surface area contributed by atoms with Gasteiger partial charge in [0.15, 0.2) is 0 Å². The lowest BCUT2D eigenvalue weighted by Crippen LogP contribution is -1.99. The van der Waals surface area contributed by atoms with Gasteiger partial charge in [-0.1, -0.05) is 70.2 Å². The third-order valence-corrected chi connectivity index (χ3v) is 4.50. The predicted molar refractivity (Wildman–Crippen MR) is 102 cm³/mol. The maximum absolute atomic E-state index is 4.78.